The lowest BCUT2D eigenvalue weighted by molar-refractivity contribution is 0.0881. The Morgan fingerprint density at radius 3 is 2.45 bits per heavy atom. The maximum absolute atomic E-state index is 13.6. The van der Waals surface area contributed by atoms with Gasteiger partial charge in [-0.1, -0.05) is 61.5 Å². The number of pyridine rings is 2. The van der Waals surface area contributed by atoms with Crippen LogP contribution >= 0.6 is 0 Å². The largest absolute Gasteiger partial charge is 0.373 e. The third-order valence-corrected chi connectivity index (χ3v) is 4.79. The van der Waals surface area contributed by atoms with Crippen LogP contribution in [0.3, 0.4) is 0 Å². The highest BCUT2D eigenvalue weighted by atomic mass is 16.3. The number of amides is 1. The van der Waals surface area contributed by atoms with Gasteiger partial charge in [-0.2, -0.15) is 0 Å². The van der Waals surface area contributed by atoms with Crippen LogP contribution in [-0.4, -0.2) is 27.2 Å². The second-order valence-electron chi connectivity index (χ2n) is 6.69. The molecule has 5 heteroatoms. The molecule has 5 nitrogen and oxygen atoms in total. The Morgan fingerprint density at radius 2 is 1.72 bits per heavy atom. The molecule has 144 valence electrons. The molecule has 2 aromatic heterocycles. The summed E-state index contributed by atoms with van der Waals surface area (Å²) in [6.45, 7) is 1.83. The number of benzene rings is 2. The van der Waals surface area contributed by atoms with Crippen LogP contribution in [0.1, 0.15) is 23.7 Å². The first-order chi connectivity index (χ1) is 14.2. The number of aliphatic hydroxyl groups excluding tert-OH is 1. The topological polar surface area (TPSA) is 66.3 Å². The van der Waals surface area contributed by atoms with Gasteiger partial charge in [-0.05, 0) is 30.7 Å². The minimum atomic E-state index is -0.982. The van der Waals surface area contributed by atoms with E-state index >= 15 is 0 Å². The van der Waals surface area contributed by atoms with Crippen LogP contribution in [0.5, 0.6) is 0 Å². The molecule has 0 aliphatic carbocycles. The quantitative estimate of drug-likeness (QED) is 0.509. The summed E-state index contributed by atoms with van der Waals surface area (Å²) in [5.41, 5.74) is 2.84. The molecule has 4 rings (SSSR count). The molecule has 2 aromatic carbocycles. The zero-order valence-corrected chi connectivity index (χ0v) is 16.1. The summed E-state index contributed by atoms with van der Waals surface area (Å²) < 4.78 is 0. The lowest BCUT2D eigenvalue weighted by Crippen LogP contribution is -2.40. The Balaban J connectivity index is 1.90. The Bertz CT molecular complexity index is 1130. The zero-order valence-electron chi connectivity index (χ0n) is 16.1. The van der Waals surface area contributed by atoms with Gasteiger partial charge >= 0.3 is 0 Å². The van der Waals surface area contributed by atoms with Gasteiger partial charge in [0.2, 0.25) is 0 Å². The highest BCUT2D eigenvalue weighted by molar-refractivity contribution is 6.14. The van der Waals surface area contributed by atoms with Gasteiger partial charge in [0.1, 0.15) is 12.0 Å². The minimum Gasteiger partial charge on any atom is -0.373 e. The Labute approximate surface area is 169 Å². The standard InChI is InChI=1S/C24H21N3O2/c1-2-23(28)27(22-14-8-9-15-25-22)24(29)19-16-21(17-10-4-3-5-11-17)26-20-13-7-6-12-18(19)20/h3-16,23,28H,2H2,1H3. The third-order valence-electron chi connectivity index (χ3n) is 4.79. The van der Waals surface area contributed by atoms with E-state index < -0.39 is 6.23 Å². The lowest BCUT2D eigenvalue weighted by Gasteiger charge is -2.27. The molecular formula is C24H21N3O2. The summed E-state index contributed by atoms with van der Waals surface area (Å²) in [7, 11) is 0. The van der Waals surface area contributed by atoms with Gasteiger partial charge in [0.05, 0.1) is 16.8 Å². The van der Waals surface area contributed by atoms with Crippen molar-refractivity contribution in [3.05, 3.63) is 90.6 Å². The number of aromatic nitrogens is 2. The predicted octanol–water partition coefficient (Wildman–Crippen LogP) is 4.67. The van der Waals surface area contributed by atoms with Gasteiger partial charge in [-0.25, -0.2) is 9.97 Å². The number of anilines is 1. The van der Waals surface area contributed by atoms with Crippen molar-refractivity contribution in [3.8, 4) is 11.3 Å². The van der Waals surface area contributed by atoms with E-state index in [2.05, 4.69) is 4.98 Å². The van der Waals surface area contributed by atoms with Crippen LogP contribution in [0, 0.1) is 0 Å². The van der Waals surface area contributed by atoms with E-state index in [1.165, 1.54) is 4.90 Å². The molecule has 0 spiro atoms. The number of rotatable bonds is 5. The second-order valence-corrected chi connectivity index (χ2v) is 6.69. The van der Waals surface area contributed by atoms with Crippen molar-refractivity contribution in [2.45, 2.75) is 19.6 Å². The van der Waals surface area contributed by atoms with Gasteiger partial charge in [0.25, 0.3) is 5.91 Å². The second kappa shape index (κ2) is 8.20. The summed E-state index contributed by atoms with van der Waals surface area (Å²) in [6, 6.07) is 24.4. The smallest absolute Gasteiger partial charge is 0.262 e. The zero-order chi connectivity index (χ0) is 20.2. The van der Waals surface area contributed by atoms with Gasteiger partial charge in [-0.15, -0.1) is 0 Å². The number of hydrogen-bond donors (Lipinski definition) is 1. The van der Waals surface area contributed by atoms with Gasteiger partial charge in [0.15, 0.2) is 0 Å². The maximum Gasteiger partial charge on any atom is 0.262 e. The van der Waals surface area contributed by atoms with E-state index in [-0.39, 0.29) is 5.91 Å². The first-order valence-electron chi connectivity index (χ1n) is 9.57. The monoisotopic (exact) mass is 383 g/mol. The van der Waals surface area contributed by atoms with Crippen molar-refractivity contribution in [2.75, 3.05) is 4.90 Å². The van der Waals surface area contributed by atoms with Crippen LogP contribution in [-0.2, 0) is 0 Å². The highest BCUT2D eigenvalue weighted by Gasteiger charge is 2.26. The summed E-state index contributed by atoms with van der Waals surface area (Å²) in [4.78, 5) is 24.0. The fraction of sp³-hybridized carbons (Fsp3) is 0.125. The van der Waals surface area contributed by atoms with Crippen molar-refractivity contribution < 1.29 is 9.90 Å². The normalized spacial score (nSPS) is 11.9. The van der Waals surface area contributed by atoms with Crippen LogP contribution in [0.15, 0.2) is 85.1 Å². The fourth-order valence-corrected chi connectivity index (χ4v) is 3.31. The average molecular weight is 383 g/mol. The number of carbonyl (C=O) groups is 1. The lowest BCUT2D eigenvalue weighted by atomic mass is 10.0. The first kappa shape index (κ1) is 18.8. The highest BCUT2D eigenvalue weighted by Crippen LogP contribution is 2.27. The van der Waals surface area contributed by atoms with E-state index in [9.17, 15) is 9.90 Å². The molecule has 2 heterocycles. The van der Waals surface area contributed by atoms with Crippen molar-refractivity contribution >= 4 is 22.6 Å². The van der Waals surface area contributed by atoms with Crippen molar-refractivity contribution in [1.82, 2.24) is 9.97 Å². The van der Waals surface area contributed by atoms with Gasteiger partial charge in [-0.3, -0.25) is 9.69 Å². The van der Waals surface area contributed by atoms with Crippen LogP contribution in [0.2, 0.25) is 0 Å². The summed E-state index contributed by atoms with van der Waals surface area (Å²) in [6.07, 6.45) is 1.01. The summed E-state index contributed by atoms with van der Waals surface area (Å²) in [5, 5.41) is 11.3. The van der Waals surface area contributed by atoms with E-state index in [1.807, 2.05) is 61.5 Å². The molecule has 0 radical (unpaired) electrons. The number of aliphatic hydroxyl groups is 1. The van der Waals surface area contributed by atoms with Crippen molar-refractivity contribution in [2.24, 2.45) is 0 Å². The molecule has 1 unspecified atom stereocenters. The van der Waals surface area contributed by atoms with Gasteiger partial charge in [0, 0.05) is 17.1 Å². The summed E-state index contributed by atoms with van der Waals surface area (Å²) >= 11 is 0. The first-order valence-corrected chi connectivity index (χ1v) is 9.57. The number of hydrogen-bond acceptors (Lipinski definition) is 4. The van der Waals surface area contributed by atoms with Crippen LogP contribution in [0.25, 0.3) is 22.2 Å². The molecule has 0 aliphatic heterocycles. The SMILES string of the molecule is CCC(O)N(C(=O)c1cc(-c2ccccc2)nc2ccccc12)c1ccccn1. The molecule has 0 fully saturated rings. The van der Waals surface area contributed by atoms with E-state index in [0.717, 1.165) is 16.5 Å². The Kier molecular flexibility index (Phi) is 5.31. The van der Waals surface area contributed by atoms with Crippen molar-refractivity contribution in [3.63, 3.8) is 0 Å². The average Bonchev–Trinajstić information content (AvgIpc) is 2.79. The number of fused-ring (bicyclic) bond motifs is 1. The predicted molar refractivity (Wildman–Crippen MR) is 115 cm³/mol. The number of nitrogens with zero attached hydrogens (tertiary/aromatic N) is 3. The molecule has 4 aromatic rings. The van der Waals surface area contributed by atoms with Crippen LogP contribution in [0.4, 0.5) is 5.82 Å². The molecule has 29 heavy (non-hydrogen) atoms. The Morgan fingerprint density at radius 1 is 1.00 bits per heavy atom. The van der Waals surface area contributed by atoms with E-state index in [1.54, 1.807) is 30.5 Å². The molecule has 0 aliphatic rings. The Hall–Kier alpha value is -3.57. The molecule has 0 bridgehead atoms. The fourth-order valence-electron chi connectivity index (χ4n) is 3.31. The maximum atomic E-state index is 13.6. The molecule has 1 amide bonds. The number of carbonyl (C=O) groups excluding carboxylic acids is 1. The van der Waals surface area contributed by atoms with Gasteiger partial charge < -0.3 is 5.11 Å². The molecule has 1 atom stereocenters. The summed E-state index contributed by atoms with van der Waals surface area (Å²) in [5.74, 6) is 0.0998. The van der Waals surface area contributed by atoms with E-state index in [4.69, 9.17) is 4.98 Å². The van der Waals surface area contributed by atoms with Crippen LogP contribution < -0.4 is 4.90 Å². The van der Waals surface area contributed by atoms with E-state index in [0.29, 0.717) is 23.5 Å². The minimum absolute atomic E-state index is 0.311. The van der Waals surface area contributed by atoms with Crippen molar-refractivity contribution in [1.29, 1.82) is 0 Å². The molecule has 0 saturated heterocycles. The molecular weight excluding hydrogens is 362 g/mol. The number of para-hydroxylation sites is 1. The molecule has 0 saturated carbocycles. The molecule has 1 N–H and O–H groups in total. The third kappa shape index (κ3) is 3.73.